The maximum atomic E-state index is 13.8. The number of furan rings is 1. The van der Waals surface area contributed by atoms with E-state index in [9.17, 15) is 4.79 Å². The first kappa shape index (κ1) is 23.1. The molecule has 0 bridgehead atoms. The molecular weight excluding hydrogens is 472 g/mol. The highest BCUT2D eigenvalue weighted by atomic mass is 16.3. The van der Waals surface area contributed by atoms with Gasteiger partial charge in [0.25, 0.3) is 5.91 Å². The minimum absolute atomic E-state index is 0.129. The van der Waals surface area contributed by atoms with Crippen LogP contribution < -0.4 is 16.4 Å². The van der Waals surface area contributed by atoms with Gasteiger partial charge in [0.2, 0.25) is 11.8 Å². The van der Waals surface area contributed by atoms with Gasteiger partial charge >= 0.3 is 0 Å². The number of nitrogen functional groups attached to an aromatic ring is 1. The number of nitrogens with two attached hydrogens (primary N) is 1. The van der Waals surface area contributed by atoms with E-state index >= 15 is 0 Å². The van der Waals surface area contributed by atoms with Gasteiger partial charge in [0.05, 0.1) is 17.8 Å². The molecule has 190 valence electrons. The molecule has 1 fully saturated rings. The van der Waals surface area contributed by atoms with E-state index in [4.69, 9.17) is 10.2 Å². The highest BCUT2D eigenvalue weighted by Crippen LogP contribution is 2.31. The Morgan fingerprint density at radius 1 is 1.14 bits per heavy atom. The number of carbonyl (C=O) groups is 1. The third-order valence-corrected chi connectivity index (χ3v) is 6.90. The summed E-state index contributed by atoms with van der Waals surface area (Å²) in [5, 5.41) is 16.2. The van der Waals surface area contributed by atoms with E-state index in [2.05, 4.69) is 35.7 Å². The van der Waals surface area contributed by atoms with Crippen molar-refractivity contribution in [2.45, 2.75) is 12.5 Å². The highest BCUT2D eigenvalue weighted by Gasteiger charge is 2.40. The zero-order chi connectivity index (χ0) is 25.4. The summed E-state index contributed by atoms with van der Waals surface area (Å²) in [7, 11) is 0. The van der Waals surface area contributed by atoms with E-state index < -0.39 is 5.54 Å². The minimum Gasteiger partial charge on any atom is -0.461 e. The fourth-order valence-corrected chi connectivity index (χ4v) is 4.79. The molecule has 1 aromatic carbocycles. The Morgan fingerprint density at radius 3 is 2.70 bits per heavy atom. The zero-order valence-corrected chi connectivity index (χ0v) is 20.5. The van der Waals surface area contributed by atoms with Gasteiger partial charge in [-0.15, -0.1) is 5.10 Å². The lowest BCUT2D eigenvalue weighted by Gasteiger charge is -2.31. The summed E-state index contributed by atoms with van der Waals surface area (Å²) in [5.74, 6) is 0.845. The Morgan fingerprint density at radius 2 is 1.95 bits per heavy atom. The van der Waals surface area contributed by atoms with Gasteiger partial charge in [0.1, 0.15) is 0 Å². The molecular formula is C25H28N10O2. The second-order valence-electron chi connectivity index (χ2n) is 9.20. The maximum absolute atomic E-state index is 13.8. The third kappa shape index (κ3) is 3.99. The summed E-state index contributed by atoms with van der Waals surface area (Å²) < 4.78 is 8.53. The number of carbonyl (C=O) groups excluding carboxylic acids is 1. The fraction of sp³-hybridized carbons (Fsp3) is 0.320. The lowest BCUT2D eigenvalue weighted by atomic mass is 9.91. The smallest absolute Gasteiger partial charge is 0.252 e. The molecule has 0 saturated carbocycles. The van der Waals surface area contributed by atoms with Crippen molar-refractivity contribution >= 4 is 28.5 Å². The number of anilines is 1. The number of amides is 1. The third-order valence-electron chi connectivity index (χ3n) is 6.90. The molecule has 1 amide bonds. The van der Waals surface area contributed by atoms with Gasteiger partial charge in [-0.3, -0.25) is 9.69 Å². The van der Waals surface area contributed by atoms with Crippen LogP contribution in [0.15, 0.2) is 59.3 Å². The van der Waals surface area contributed by atoms with Crippen molar-refractivity contribution in [3.63, 3.8) is 0 Å². The van der Waals surface area contributed by atoms with E-state index in [0.717, 1.165) is 38.3 Å². The Bertz CT molecular complexity index is 1540. The summed E-state index contributed by atoms with van der Waals surface area (Å²) in [6.45, 7) is 6.99. The van der Waals surface area contributed by atoms with Crippen LogP contribution in [-0.4, -0.2) is 79.4 Å². The molecule has 37 heavy (non-hydrogen) atoms. The van der Waals surface area contributed by atoms with Gasteiger partial charge in [-0.1, -0.05) is 30.3 Å². The first-order valence-electron chi connectivity index (χ1n) is 12.3. The van der Waals surface area contributed by atoms with Crippen LogP contribution in [0.5, 0.6) is 0 Å². The van der Waals surface area contributed by atoms with Crippen LogP contribution in [-0.2, 0) is 10.3 Å². The number of hydrogen-bond donors (Lipinski definition) is 3. The first-order valence-corrected chi connectivity index (χ1v) is 12.3. The standard InChI is InChI=1S/C25H28N10O2/c1-25(17-6-3-2-4-7-17,23(36)28-11-14-33-12-9-27-10-13-33)35-22-18(16-29-35)21-30-20(19-8-5-15-37-19)32-34(21)24(26)31-22/h2-8,15-16,27H,9-14H2,1H3,(H2,26,31)(H,28,36). The fourth-order valence-electron chi connectivity index (χ4n) is 4.79. The normalized spacial score (nSPS) is 16.2. The van der Waals surface area contributed by atoms with Gasteiger partial charge in [0.15, 0.2) is 22.6 Å². The summed E-state index contributed by atoms with van der Waals surface area (Å²) in [5.41, 5.74) is 6.81. The molecule has 0 spiro atoms. The van der Waals surface area contributed by atoms with Crippen molar-refractivity contribution in [1.29, 1.82) is 0 Å². The van der Waals surface area contributed by atoms with Crippen molar-refractivity contribution in [2.24, 2.45) is 0 Å². The summed E-state index contributed by atoms with van der Waals surface area (Å²) in [4.78, 5) is 25.4. The Balaban J connectivity index is 1.40. The SMILES string of the molecule is CC(C(=O)NCCN1CCNCC1)(c1ccccc1)n1ncc2c1nc(N)n1nc(-c3ccco3)nc21. The molecule has 12 heteroatoms. The second kappa shape index (κ2) is 9.30. The number of nitrogens with one attached hydrogen (secondary N) is 2. The Labute approximate surface area is 212 Å². The van der Waals surface area contributed by atoms with Crippen LogP contribution in [0.3, 0.4) is 0 Å². The Hall–Kier alpha value is -4.29. The number of hydrogen-bond acceptors (Lipinski definition) is 9. The van der Waals surface area contributed by atoms with Crippen molar-refractivity contribution in [1.82, 2.24) is 44.9 Å². The van der Waals surface area contributed by atoms with E-state index in [0.29, 0.717) is 34.8 Å². The molecule has 1 aliphatic rings. The predicted molar refractivity (Wildman–Crippen MR) is 138 cm³/mol. The molecule has 1 saturated heterocycles. The number of aromatic nitrogens is 6. The van der Waals surface area contributed by atoms with Crippen molar-refractivity contribution < 1.29 is 9.21 Å². The van der Waals surface area contributed by atoms with Gasteiger partial charge < -0.3 is 20.8 Å². The van der Waals surface area contributed by atoms with E-state index in [1.54, 1.807) is 29.3 Å². The molecule has 5 aromatic rings. The molecule has 1 unspecified atom stereocenters. The topological polar surface area (TPSA) is 144 Å². The lowest BCUT2D eigenvalue weighted by molar-refractivity contribution is -0.127. The molecule has 4 N–H and O–H groups in total. The average Bonchev–Trinajstić information content (AvgIpc) is 3.69. The van der Waals surface area contributed by atoms with Gasteiger partial charge in [-0.2, -0.15) is 14.6 Å². The number of rotatable bonds is 7. The minimum atomic E-state index is -1.19. The van der Waals surface area contributed by atoms with Crippen LogP contribution >= 0.6 is 0 Å². The Kier molecular flexibility index (Phi) is 5.81. The lowest BCUT2D eigenvalue weighted by Crippen LogP contribution is -2.51. The molecule has 1 atom stereocenters. The molecule has 12 nitrogen and oxygen atoms in total. The quantitative estimate of drug-likeness (QED) is 0.299. The van der Waals surface area contributed by atoms with E-state index in [-0.39, 0.29) is 11.9 Å². The van der Waals surface area contributed by atoms with Crippen molar-refractivity contribution in [3.05, 3.63) is 60.5 Å². The van der Waals surface area contributed by atoms with Crippen molar-refractivity contribution in [3.8, 4) is 11.6 Å². The molecule has 6 rings (SSSR count). The number of fused-ring (bicyclic) bond motifs is 3. The zero-order valence-electron chi connectivity index (χ0n) is 20.5. The maximum Gasteiger partial charge on any atom is 0.252 e. The van der Waals surface area contributed by atoms with Gasteiger partial charge in [0, 0.05) is 39.3 Å². The predicted octanol–water partition coefficient (Wildman–Crippen LogP) is 1.10. The van der Waals surface area contributed by atoms with Crippen LogP contribution in [0.2, 0.25) is 0 Å². The summed E-state index contributed by atoms with van der Waals surface area (Å²) >= 11 is 0. The molecule has 0 aliphatic carbocycles. The first-order chi connectivity index (χ1) is 18.1. The van der Waals surface area contributed by atoms with Gasteiger partial charge in [-0.05, 0) is 24.6 Å². The van der Waals surface area contributed by atoms with Crippen molar-refractivity contribution in [2.75, 3.05) is 45.0 Å². The van der Waals surface area contributed by atoms with Gasteiger partial charge in [-0.25, -0.2) is 9.67 Å². The monoisotopic (exact) mass is 500 g/mol. The van der Waals surface area contributed by atoms with Crippen LogP contribution in [0.25, 0.3) is 28.3 Å². The van der Waals surface area contributed by atoms with Crippen LogP contribution in [0, 0.1) is 0 Å². The molecule has 0 radical (unpaired) electrons. The molecule has 4 aromatic heterocycles. The summed E-state index contributed by atoms with van der Waals surface area (Å²) in [6.07, 6.45) is 3.20. The van der Waals surface area contributed by atoms with E-state index in [1.807, 2.05) is 37.3 Å². The molecule has 5 heterocycles. The van der Waals surface area contributed by atoms with E-state index in [1.165, 1.54) is 4.52 Å². The number of nitrogens with zero attached hydrogens (tertiary/aromatic N) is 7. The summed E-state index contributed by atoms with van der Waals surface area (Å²) in [6, 6.07) is 13.1. The van der Waals surface area contributed by atoms with Crippen LogP contribution in [0.4, 0.5) is 5.95 Å². The second-order valence-corrected chi connectivity index (χ2v) is 9.20. The molecule has 1 aliphatic heterocycles. The van der Waals surface area contributed by atoms with Crippen LogP contribution in [0.1, 0.15) is 12.5 Å². The number of piperazine rings is 1. The highest BCUT2D eigenvalue weighted by molar-refractivity contribution is 5.94. The average molecular weight is 501 g/mol. The largest absolute Gasteiger partial charge is 0.461 e. The number of benzene rings is 1.